The Morgan fingerprint density at radius 3 is 2.44 bits per heavy atom. The quantitative estimate of drug-likeness (QED) is 0.750. The van der Waals surface area contributed by atoms with Gasteiger partial charge in [-0.15, -0.1) is 0 Å². The van der Waals surface area contributed by atoms with Gasteiger partial charge < -0.3 is 10.1 Å². The lowest BCUT2D eigenvalue weighted by molar-refractivity contribution is 0.0481. The molecule has 2 rings (SSSR count). The summed E-state index contributed by atoms with van der Waals surface area (Å²) in [5, 5.41) is 3.71. The van der Waals surface area contributed by atoms with Crippen LogP contribution in [-0.4, -0.2) is 25.8 Å². The highest BCUT2D eigenvalue weighted by atomic mass is 16.5. The van der Waals surface area contributed by atoms with Crippen LogP contribution in [0, 0.1) is 11.3 Å². The lowest BCUT2D eigenvalue weighted by atomic mass is 9.76. The summed E-state index contributed by atoms with van der Waals surface area (Å²) in [6, 6.07) is 0.848. The Balaban J connectivity index is 1.76. The zero-order valence-corrected chi connectivity index (χ0v) is 10.9. The molecule has 0 radical (unpaired) electrons. The van der Waals surface area contributed by atoms with Gasteiger partial charge in [0.05, 0.1) is 0 Å². The van der Waals surface area contributed by atoms with E-state index in [1.807, 2.05) is 0 Å². The molecule has 1 saturated carbocycles. The van der Waals surface area contributed by atoms with E-state index in [4.69, 9.17) is 4.74 Å². The largest absolute Gasteiger partial charge is 0.381 e. The van der Waals surface area contributed by atoms with Gasteiger partial charge in [-0.3, -0.25) is 0 Å². The second-order valence-electron chi connectivity index (χ2n) is 6.08. The monoisotopic (exact) mass is 225 g/mol. The van der Waals surface area contributed by atoms with Gasteiger partial charge >= 0.3 is 0 Å². The Bertz CT molecular complexity index is 209. The first-order valence-electron chi connectivity index (χ1n) is 7.03. The summed E-state index contributed by atoms with van der Waals surface area (Å²) < 4.78 is 5.44. The number of ether oxygens (including phenoxy) is 1. The minimum Gasteiger partial charge on any atom is -0.381 e. The molecule has 0 bridgehead atoms. The molecule has 94 valence electrons. The molecule has 1 saturated heterocycles. The van der Waals surface area contributed by atoms with E-state index in [9.17, 15) is 0 Å². The highest BCUT2D eigenvalue weighted by molar-refractivity contribution is 4.86. The summed E-state index contributed by atoms with van der Waals surface area (Å²) in [7, 11) is 0. The van der Waals surface area contributed by atoms with Crippen LogP contribution in [0.2, 0.25) is 0 Å². The van der Waals surface area contributed by atoms with Crippen LogP contribution in [0.25, 0.3) is 0 Å². The molecule has 0 amide bonds. The summed E-state index contributed by atoms with van der Waals surface area (Å²) in [6.45, 7) is 7.98. The summed E-state index contributed by atoms with van der Waals surface area (Å²) >= 11 is 0. The van der Waals surface area contributed by atoms with Crippen LogP contribution in [0.15, 0.2) is 0 Å². The maximum absolute atomic E-state index is 5.44. The van der Waals surface area contributed by atoms with Gasteiger partial charge in [-0.1, -0.05) is 13.8 Å². The molecule has 2 nitrogen and oxygen atoms in total. The fraction of sp³-hybridized carbons (Fsp3) is 1.00. The van der Waals surface area contributed by atoms with Crippen molar-refractivity contribution in [1.82, 2.24) is 5.32 Å². The van der Waals surface area contributed by atoms with Crippen molar-refractivity contribution in [2.75, 3.05) is 19.8 Å². The van der Waals surface area contributed by atoms with Crippen molar-refractivity contribution >= 4 is 0 Å². The number of hydrogen-bond acceptors (Lipinski definition) is 2. The van der Waals surface area contributed by atoms with Crippen LogP contribution in [0.4, 0.5) is 0 Å². The zero-order chi connectivity index (χ0) is 11.4. The van der Waals surface area contributed by atoms with Gasteiger partial charge in [-0.2, -0.15) is 0 Å². The van der Waals surface area contributed by atoms with E-state index in [1.54, 1.807) is 0 Å². The normalized spacial score (nSPS) is 26.6. The maximum Gasteiger partial charge on any atom is 0.0468 e. The minimum atomic E-state index is 0.505. The Morgan fingerprint density at radius 2 is 1.88 bits per heavy atom. The second-order valence-corrected chi connectivity index (χ2v) is 6.08. The van der Waals surface area contributed by atoms with Crippen LogP contribution in [0.1, 0.15) is 52.4 Å². The third kappa shape index (κ3) is 3.74. The molecule has 0 spiro atoms. The fourth-order valence-corrected chi connectivity index (χ4v) is 2.67. The molecule has 1 aliphatic heterocycles. The van der Waals surface area contributed by atoms with Crippen molar-refractivity contribution in [1.29, 1.82) is 0 Å². The summed E-state index contributed by atoms with van der Waals surface area (Å²) in [6.07, 6.45) is 8.03. The van der Waals surface area contributed by atoms with Crippen molar-refractivity contribution in [3.63, 3.8) is 0 Å². The average molecular weight is 225 g/mol. The van der Waals surface area contributed by atoms with E-state index >= 15 is 0 Å². The summed E-state index contributed by atoms with van der Waals surface area (Å²) in [4.78, 5) is 0. The molecule has 1 unspecified atom stereocenters. The molecule has 2 fully saturated rings. The Hall–Kier alpha value is -0.0800. The second kappa shape index (κ2) is 5.50. The molecule has 1 heterocycles. The first-order chi connectivity index (χ1) is 7.72. The van der Waals surface area contributed by atoms with Gasteiger partial charge in [-0.05, 0) is 49.9 Å². The molecular formula is C14H27NO. The van der Waals surface area contributed by atoms with Crippen LogP contribution in [-0.2, 0) is 4.74 Å². The highest BCUT2D eigenvalue weighted by Crippen LogP contribution is 2.34. The van der Waals surface area contributed by atoms with E-state index in [-0.39, 0.29) is 0 Å². The van der Waals surface area contributed by atoms with Gasteiger partial charge in [0.1, 0.15) is 0 Å². The molecule has 2 heteroatoms. The zero-order valence-electron chi connectivity index (χ0n) is 10.9. The van der Waals surface area contributed by atoms with Crippen molar-refractivity contribution in [3.8, 4) is 0 Å². The molecule has 0 aromatic carbocycles. The molecule has 0 aromatic heterocycles. The molecular weight excluding hydrogens is 198 g/mol. The van der Waals surface area contributed by atoms with Crippen molar-refractivity contribution in [3.05, 3.63) is 0 Å². The Morgan fingerprint density at radius 1 is 1.19 bits per heavy atom. The van der Waals surface area contributed by atoms with Crippen molar-refractivity contribution in [2.24, 2.45) is 11.3 Å². The van der Waals surface area contributed by atoms with Gasteiger partial charge in [-0.25, -0.2) is 0 Å². The van der Waals surface area contributed by atoms with E-state index in [0.717, 1.165) is 25.2 Å². The fourth-order valence-electron chi connectivity index (χ4n) is 2.67. The predicted octanol–water partition coefficient (Wildman–Crippen LogP) is 2.97. The molecule has 16 heavy (non-hydrogen) atoms. The summed E-state index contributed by atoms with van der Waals surface area (Å²) in [5.74, 6) is 0.903. The van der Waals surface area contributed by atoms with E-state index in [1.165, 1.54) is 45.1 Å². The third-order valence-corrected chi connectivity index (χ3v) is 4.37. The highest BCUT2D eigenvalue weighted by Gasteiger charge is 2.30. The first kappa shape index (κ1) is 12.4. The van der Waals surface area contributed by atoms with E-state index in [2.05, 4.69) is 19.2 Å². The Labute approximate surface area is 100 Å². The minimum absolute atomic E-state index is 0.505. The van der Waals surface area contributed by atoms with Gasteiger partial charge in [0.2, 0.25) is 0 Å². The smallest absolute Gasteiger partial charge is 0.0468 e. The molecule has 0 aromatic rings. The third-order valence-electron chi connectivity index (χ3n) is 4.37. The van der Waals surface area contributed by atoms with Crippen LogP contribution in [0.3, 0.4) is 0 Å². The molecule has 2 aliphatic rings. The average Bonchev–Trinajstić information content (AvgIpc) is 3.12. The molecule has 1 aliphatic carbocycles. The first-order valence-corrected chi connectivity index (χ1v) is 7.03. The Kier molecular flexibility index (Phi) is 4.26. The SMILES string of the molecule is CCC(C)(CNC1CC1)CC1CCOCC1. The van der Waals surface area contributed by atoms with Crippen molar-refractivity contribution < 1.29 is 4.74 Å². The molecule has 1 atom stereocenters. The van der Waals surface area contributed by atoms with Crippen molar-refractivity contribution in [2.45, 2.75) is 58.4 Å². The van der Waals surface area contributed by atoms with E-state index < -0.39 is 0 Å². The molecule has 1 N–H and O–H groups in total. The van der Waals surface area contributed by atoms with Crippen LogP contribution in [0.5, 0.6) is 0 Å². The van der Waals surface area contributed by atoms with E-state index in [0.29, 0.717) is 5.41 Å². The lowest BCUT2D eigenvalue weighted by Gasteiger charge is -2.34. The topological polar surface area (TPSA) is 21.3 Å². The summed E-state index contributed by atoms with van der Waals surface area (Å²) in [5.41, 5.74) is 0.505. The number of hydrogen-bond donors (Lipinski definition) is 1. The number of rotatable bonds is 6. The van der Waals surface area contributed by atoms with Crippen LogP contribution < -0.4 is 5.32 Å². The predicted molar refractivity (Wildman–Crippen MR) is 67.6 cm³/mol. The lowest BCUT2D eigenvalue weighted by Crippen LogP contribution is -2.35. The van der Waals surface area contributed by atoms with Gasteiger partial charge in [0.15, 0.2) is 0 Å². The van der Waals surface area contributed by atoms with Crippen LogP contribution >= 0.6 is 0 Å². The standard InChI is InChI=1S/C14H27NO/c1-3-14(2,11-15-13-4-5-13)10-12-6-8-16-9-7-12/h12-13,15H,3-11H2,1-2H3. The van der Waals surface area contributed by atoms with Gasteiger partial charge in [0.25, 0.3) is 0 Å². The van der Waals surface area contributed by atoms with Gasteiger partial charge in [0, 0.05) is 25.8 Å². The maximum atomic E-state index is 5.44. The number of nitrogens with one attached hydrogen (secondary N) is 1.